The van der Waals surface area contributed by atoms with E-state index in [-0.39, 0.29) is 28.3 Å². The number of carbonyl (C=O) groups is 2. The number of nitrogens with zero attached hydrogens (tertiary/aromatic N) is 2. The van der Waals surface area contributed by atoms with Crippen molar-refractivity contribution in [2.75, 3.05) is 6.54 Å². The molecule has 15 heteroatoms. The first kappa shape index (κ1) is 26.7. The molecule has 0 bridgehead atoms. The Kier molecular flexibility index (Phi) is 7.40. The molecule has 2 heterocycles. The molecule has 0 aliphatic rings. The first-order chi connectivity index (χ1) is 16.7. The standard InChI is InChI=1S/C21H15F8N3O4/c1-10-16(18(33)30-8-15(20(24,25)26)36-19(34)21(27,28)29)32-7-3-6-14(17(32)31-10)35-9-11-12(22)4-2-5-13(11)23/h2-7,15H,8-9H2,1H3,(H,30,33). The van der Waals surface area contributed by atoms with Crippen molar-refractivity contribution < 1.29 is 54.2 Å². The van der Waals surface area contributed by atoms with Gasteiger partial charge in [0, 0.05) is 6.20 Å². The van der Waals surface area contributed by atoms with Gasteiger partial charge in [-0.1, -0.05) is 6.07 Å². The molecule has 36 heavy (non-hydrogen) atoms. The summed E-state index contributed by atoms with van der Waals surface area (Å²) in [5.74, 6) is -6.03. The van der Waals surface area contributed by atoms with Crippen molar-refractivity contribution in [1.29, 1.82) is 0 Å². The monoisotopic (exact) mass is 525 g/mol. The van der Waals surface area contributed by atoms with Gasteiger partial charge in [0.05, 0.1) is 17.8 Å². The van der Waals surface area contributed by atoms with Gasteiger partial charge in [-0.05, 0) is 31.2 Å². The molecule has 0 saturated heterocycles. The van der Waals surface area contributed by atoms with Crippen LogP contribution in [0.2, 0.25) is 0 Å². The zero-order valence-corrected chi connectivity index (χ0v) is 18.0. The fraction of sp³-hybridized carbons (Fsp3) is 0.286. The molecule has 7 nitrogen and oxygen atoms in total. The first-order valence-corrected chi connectivity index (χ1v) is 9.86. The predicted molar refractivity (Wildman–Crippen MR) is 105 cm³/mol. The van der Waals surface area contributed by atoms with Crippen molar-refractivity contribution >= 4 is 17.5 Å². The van der Waals surface area contributed by atoms with Crippen LogP contribution in [-0.4, -0.2) is 46.3 Å². The third-order valence-electron chi connectivity index (χ3n) is 4.73. The predicted octanol–water partition coefficient (Wildman–Crippen LogP) is 4.27. The average molecular weight is 525 g/mol. The zero-order chi connectivity index (χ0) is 26.8. The number of ether oxygens (including phenoxy) is 2. The number of carbonyl (C=O) groups excluding carboxylic acids is 2. The molecule has 1 amide bonds. The van der Waals surface area contributed by atoms with Gasteiger partial charge in [-0.2, -0.15) is 26.3 Å². The fourth-order valence-electron chi connectivity index (χ4n) is 3.05. The van der Waals surface area contributed by atoms with Gasteiger partial charge in [0.25, 0.3) is 5.91 Å². The van der Waals surface area contributed by atoms with Crippen LogP contribution in [0.15, 0.2) is 36.5 Å². The van der Waals surface area contributed by atoms with Crippen LogP contribution in [0.4, 0.5) is 35.1 Å². The van der Waals surface area contributed by atoms with E-state index in [9.17, 15) is 44.7 Å². The van der Waals surface area contributed by atoms with Crippen LogP contribution in [0.3, 0.4) is 0 Å². The van der Waals surface area contributed by atoms with E-state index in [1.165, 1.54) is 25.3 Å². The number of benzene rings is 1. The van der Waals surface area contributed by atoms with Crippen molar-refractivity contribution in [3.05, 3.63) is 65.1 Å². The number of imidazole rings is 1. The molecule has 2 aromatic heterocycles. The second kappa shape index (κ2) is 9.99. The van der Waals surface area contributed by atoms with E-state index < -0.39 is 55.1 Å². The van der Waals surface area contributed by atoms with E-state index in [1.807, 2.05) is 0 Å². The van der Waals surface area contributed by atoms with Gasteiger partial charge in [0.15, 0.2) is 11.4 Å². The molecule has 1 aromatic carbocycles. The number of aryl methyl sites for hydroxylation is 1. The first-order valence-electron chi connectivity index (χ1n) is 9.86. The van der Waals surface area contributed by atoms with E-state index in [0.717, 1.165) is 22.6 Å². The third kappa shape index (κ3) is 5.83. The van der Waals surface area contributed by atoms with Crippen LogP contribution in [0.5, 0.6) is 5.75 Å². The number of aromatic nitrogens is 2. The Labute approximate surface area is 196 Å². The average Bonchev–Trinajstić information content (AvgIpc) is 3.11. The summed E-state index contributed by atoms with van der Waals surface area (Å²) in [6.45, 7) is -0.754. The highest BCUT2D eigenvalue weighted by atomic mass is 19.4. The molecule has 1 atom stereocenters. The fourth-order valence-corrected chi connectivity index (χ4v) is 3.05. The molecule has 0 aliphatic carbocycles. The molecule has 1 unspecified atom stereocenters. The van der Waals surface area contributed by atoms with Crippen molar-refractivity contribution in [1.82, 2.24) is 14.7 Å². The minimum absolute atomic E-state index is 0.0172. The molecule has 0 aliphatic heterocycles. The van der Waals surface area contributed by atoms with Crippen LogP contribution in [0, 0.1) is 18.6 Å². The number of hydrogen-bond acceptors (Lipinski definition) is 5. The smallest absolute Gasteiger partial charge is 0.485 e. The molecular formula is C21H15F8N3O4. The van der Waals surface area contributed by atoms with Gasteiger partial charge in [-0.25, -0.2) is 18.6 Å². The molecule has 0 spiro atoms. The minimum atomic E-state index is -5.67. The number of nitrogens with one attached hydrogen (secondary N) is 1. The summed E-state index contributed by atoms with van der Waals surface area (Å²) in [5.41, 5.74) is -0.743. The summed E-state index contributed by atoms with van der Waals surface area (Å²) in [6.07, 6.45) is -13.1. The number of amides is 1. The number of pyridine rings is 1. The molecule has 3 rings (SSSR count). The van der Waals surface area contributed by atoms with Gasteiger partial charge in [-0.15, -0.1) is 0 Å². The van der Waals surface area contributed by atoms with E-state index in [4.69, 9.17) is 4.74 Å². The lowest BCUT2D eigenvalue weighted by Crippen LogP contribution is -2.46. The molecule has 0 saturated carbocycles. The lowest BCUT2D eigenvalue weighted by Gasteiger charge is -2.21. The lowest BCUT2D eigenvalue weighted by atomic mass is 10.2. The van der Waals surface area contributed by atoms with Gasteiger partial charge in [0.2, 0.25) is 6.10 Å². The molecule has 1 N–H and O–H groups in total. The number of rotatable bonds is 7. The van der Waals surface area contributed by atoms with Crippen LogP contribution >= 0.6 is 0 Å². The van der Waals surface area contributed by atoms with Crippen molar-refractivity contribution in [3.8, 4) is 5.75 Å². The van der Waals surface area contributed by atoms with Crippen LogP contribution in [0.1, 0.15) is 21.7 Å². The zero-order valence-electron chi connectivity index (χ0n) is 18.0. The number of esters is 1. The maximum Gasteiger partial charge on any atom is 0.490 e. The van der Waals surface area contributed by atoms with Gasteiger partial charge in [-0.3, -0.25) is 9.20 Å². The highest BCUT2D eigenvalue weighted by molar-refractivity contribution is 5.95. The summed E-state index contributed by atoms with van der Waals surface area (Å²) in [5, 5.41) is 1.77. The van der Waals surface area contributed by atoms with Gasteiger partial charge >= 0.3 is 18.3 Å². The molecule has 3 aromatic rings. The molecule has 194 valence electrons. The molecule has 0 fully saturated rings. The van der Waals surface area contributed by atoms with E-state index in [1.54, 1.807) is 5.32 Å². The summed E-state index contributed by atoms with van der Waals surface area (Å²) >= 11 is 0. The maximum atomic E-state index is 13.9. The largest absolute Gasteiger partial charge is 0.490 e. The highest BCUT2D eigenvalue weighted by Gasteiger charge is 2.49. The Morgan fingerprint density at radius 2 is 1.69 bits per heavy atom. The number of hydrogen-bond donors (Lipinski definition) is 1. The summed E-state index contributed by atoms with van der Waals surface area (Å²) in [7, 11) is 0. The normalized spacial score (nSPS) is 12.9. The van der Waals surface area contributed by atoms with Crippen molar-refractivity contribution in [2.24, 2.45) is 0 Å². The summed E-state index contributed by atoms with van der Waals surface area (Å²) in [4.78, 5) is 27.5. The van der Waals surface area contributed by atoms with Gasteiger partial charge < -0.3 is 14.8 Å². The highest BCUT2D eigenvalue weighted by Crippen LogP contribution is 2.27. The van der Waals surface area contributed by atoms with E-state index in [2.05, 4.69) is 9.72 Å². The van der Waals surface area contributed by atoms with Gasteiger partial charge in [0.1, 0.15) is 23.9 Å². The van der Waals surface area contributed by atoms with Crippen molar-refractivity contribution in [3.63, 3.8) is 0 Å². The van der Waals surface area contributed by atoms with Crippen LogP contribution in [0.25, 0.3) is 5.65 Å². The SMILES string of the molecule is Cc1nc2c(OCc3c(F)cccc3F)cccn2c1C(=O)NCC(OC(=O)C(F)(F)F)C(F)(F)F. The second-order valence-electron chi connectivity index (χ2n) is 7.24. The number of fused-ring (bicyclic) bond motifs is 1. The molecular weight excluding hydrogens is 510 g/mol. The molecule has 0 radical (unpaired) electrons. The summed E-state index contributed by atoms with van der Waals surface area (Å²) < 4.78 is 114. The third-order valence-corrected chi connectivity index (χ3v) is 4.73. The maximum absolute atomic E-state index is 13.9. The number of halogens is 8. The van der Waals surface area contributed by atoms with Crippen LogP contribution in [-0.2, 0) is 16.1 Å². The number of alkyl halides is 6. The quantitative estimate of drug-likeness (QED) is 0.368. The Hall–Kier alpha value is -3.91. The second-order valence-corrected chi connectivity index (χ2v) is 7.24. The Bertz CT molecular complexity index is 1270. The van der Waals surface area contributed by atoms with E-state index in [0.29, 0.717) is 0 Å². The minimum Gasteiger partial charge on any atom is -0.485 e. The van der Waals surface area contributed by atoms with E-state index >= 15 is 0 Å². The Balaban J connectivity index is 1.81. The lowest BCUT2D eigenvalue weighted by molar-refractivity contribution is -0.243. The Morgan fingerprint density at radius 3 is 2.28 bits per heavy atom. The van der Waals surface area contributed by atoms with Crippen LogP contribution < -0.4 is 10.1 Å². The summed E-state index contributed by atoms with van der Waals surface area (Å²) in [6, 6.07) is 5.90. The van der Waals surface area contributed by atoms with Crippen molar-refractivity contribution in [2.45, 2.75) is 32.0 Å². The Morgan fingerprint density at radius 1 is 1.06 bits per heavy atom. The topological polar surface area (TPSA) is 81.9 Å².